The summed E-state index contributed by atoms with van der Waals surface area (Å²) in [5.41, 5.74) is 1.89. The van der Waals surface area contributed by atoms with Gasteiger partial charge in [0.1, 0.15) is 11.3 Å². The Balaban J connectivity index is 2.01. The molecule has 0 spiro atoms. The topological polar surface area (TPSA) is 84.6 Å². The highest BCUT2D eigenvalue weighted by molar-refractivity contribution is 7.84. The molecule has 6 heteroatoms. The second-order valence-electron chi connectivity index (χ2n) is 5.93. The minimum Gasteiger partial charge on any atom is -0.478 e. The van der Waals surface area contributed by atoms with E-state index in [0.717, 1.165) is 12.8 Å². The molecule has 2 unspecified atom stereocenters. The highest BCUT2D eigenvalue weighted by Crippen LogP contribution is 2.52. The van der Waals surface area contributed by atoms with Crippen molar-refractivity contribution in [2.75, 3.05) is 6.26 Å². The lowest BCUT2D eigenvalue weighted by molar-refractivity contribution is -0.132. The number of carboxylic acids is 1. The molecule has 23 heavy (non-hydrogen) atoms. The van der Waals surface area contributed by atoms with E-state index >= 15 is 0 Å². The van der Waals surface area contributed by atoms with Gasteiger partial charge in [-0.25, -0.2) is 4.79 Å². The Morgan fingerprint density at radius 1 is 1.39 bits per heavy atom. The summed E-state index contributed by atoms with van der Waals surface area (Å²) in [4.78, 5) is 24.8. The third-order valence-electron chi connectivity index (χ3n) is 4.67. The van der Waals surface area contributed by atoms with Crippen LogP contribution in [-0.2, 0) is 15.6 Å². The van der Waals surface area contributed by atoms with Gasteiger partial charge in [0, 0.05) is 39.0 Å². The van der Waals surface area contributed by atoms with E-state index in [9.17, 15) is 18.9 Å². The maximum atomic E-state index is 12.8. The van der Waals surface area contributed by atoms with E-state index in [1.807, 2.05) is 0 Å². The largest absolute Gasteiger partial charge is 0.478 e. The molecule has 1 aromatic heterocycles. The minimum absolute atomic E-state index is 0.131. The molecule has 0 bridgehead atoms. The Labute approximate surface area is 134 Å². The van der Waals surface area contributed by atoms with Gasteiger partial charge in [-0.15, -0.1) is 0 Å². The van der Waals surface area contributed by atoms with Crippen LogP contribution in [0.25, 0.3) is 16.5 Å². The van der Waals surface area contributed by atoms with Crippen LogP contribution in [0.2, 0.25) is 0 Å². The second-order valence-corrected chi connectivity index (χ2v) is 7.31. The Morgan fingerprint density at radius 3 is 2.87 bits per heavy atom. The molecule has 2 aliphatic carbocycles. The first-order valence-electron chi connectivity index (χ1n) is 7.40. The van der Waals surface area contributed by atoms with Crippen LogP contribution in [0.1, 0.15) is 36.5 Å². The standard InChI is InChI=1S/C17H14O5S/c1-23(21)8-5-6-12-11(7-8)15(18)14-9-3-2-4-10(17(19)20)13(9)16(14)22-12/h5-7,9H,2-4H2,1H3,(H,19,20). The highest BCUT2D eigenvalue weighted by atomic mass is 32.2. The van der Waals surface area contributed by atoms with Gasteiger partial charge in [-0.2, -0.15) is 0 Å². The molecule has 0 amide bonds. The lowest BCUT2D eigenvalue weighted by atomic mass is 9.68. The minimum atomic E-state index is -1.17. The number of rotatable bonds is 2. The number of benzene rings is 1. The molecule has 118 valence electrons. The van der Waals surface area contributed by atoms with Crippen molar-refractivity contribution >= 4 is 33.3 Å². The van der Waals surface area contributed by atoms with E-state index in [1.54, 1.807) is 24.5 Å². The number of hydrogen-bond acceptors (Lipinski definition) is 4. The summed E-state index contributed by atoms with van der Waals surface area (Å²) in [7, 11) is -1.17. The summed E-state index contributed by atoms with van der Waals surface area (Å²) < 4.78 is 17.4. The van der Waals surface area contributed by atoms with Gasteiger partial charge in [-0.3, -0.25) is 9.00 Å². The number of aliphatic carboxylic acids is 1. The van der Waals surface area contributed by atoms with Crippen molar-refractivity contribution in [2.24, 2.45) is 0 Å². The van der Waals surface area contributed by atoms with Gasteiger partial charge < -0.3 is 9.52 Å². The van der Waals surface area contributed by atoms with Crippen molar-refractivity contribution in [2.45, 2.75) is 30.1 Å². The molecule has 1 aromatic carbocycles. The highest BCUT2D eigenvalue weighted by Gasteiger charge is 2.43. The van der Waals surface area contributed by atoms with Gasteiger partial charge in [0.2, 0.25) is 0 Å². The van der Waals surface area contributed by atoms with Gasteiger partial charge >= 0.3 is 5.97 Å². The molecule has 0 radical (unpaired) electrons. The summed E-state index contributed by atoms with van der Waals surface area (Å²) in [6, 6.07) is 4.91. The van der Waals surface area contributed by atoms with Crippen molar-refractivity contribution in [3.05, 3.63) is 45.3 Å². The molecular weight excluding hydrogens is 316 g/mol. The molecule has 2 atom stereocenters. The first kappa shape index (κ1) is 14.4. The zero-order chi connectivity index (χ0) is 16.3. The van der Waals surface area contributed by atoms with Crippen LogP contribution in [0, 0.1) is 0 Å². The molecule has 1 N–H and O–H groups in total. The van der Waals surface area contributed by atoms with Gasteiger partial charge in [-0.05, 0) is 37.5 Å². The van der Waals surface area contributed by atoms with Crippen LogP contribution in [0.15, 0.2) is 37.9 Å². The maximum absolute atomic E-state index is 12.8. The van der Waals surface area contributed by atoms with E-state index in [-0.39, 0.29) is 11.3 Å². The fraction of sp³-hybridized carbons (Fsp3) is 0.294. The molecule has 2 aromatic rings. The zero-order valence-corrected chi connectivity index (χ0v) is 13.2. The normalized spacial score (nSPS) is 20.7. The summed E-state index contributed by atoms with van der Waals surface area (Å²) in [6.07, 6.45) is 3.60. The first-order chi connectivity index (χ1) is 11.0. The lowest BCUT2D eigenvalue weighted by Crippen LogP contribution is -2.30. The van der Waals surface area contributed by atoms with Gasteiger partial charge in [-0.1, -0.05) is 0 Å². The summed E-state index contributed by atoms with van der Waals surface area (Å²) >= 11 is 0. The number of carbonyl (C=O) groups is 1. The van der Waals surface area contributed by atoms with Crippen LogP contribution in [0.3, 0.4) is 0 Å². The smallest absolute Gasteiger partial charge is 0.331 e. The van der Waals surface area contributed by atoms with Crippen molar-refractivity contribution in [3.63, 3.8) is 0 Å². The molecule has 1 heterocycles. The maximum Gasteiger partial charge on any atom is 0.331 e. The molecule has 0 saturated heterocycles. The van der Waals surface area contributed by atoms with Crippen LogP contribution >= 0.6 is 0 Å². The fourth-order valence-corrected chi connectivity index (χ4v) is 4.13. The van der Waals surface area contributed by atoms with Crippen LogP contribution in [0.5, 0.6) is 0 Å². The third kappa shape index (κ3) is 1.94. The average Bonchev–Trinajstić information content (AvgIpc) is 2.51. The third-order valence-corrected chi connectivity index (χ3v) is 5.59. The van der Waals surface area contributed by atoms with E-state index in [0.29, 0.717) is 44.8 Å². The van der Waals surface area contributed by atoms with Gasteiger partial charge in [0.15, 0.2) is 5.43 Å². The summed E-state index contributed by atoms with van der Waals surface area (Å²) in [5.74, 6) is -0.647. The Kier molecular flexibility index (Phi) is 3.06. The van der Waals surface area contributed by atoms with E-state index in [4.69, 9.17) is 4.42 Å². The SMILES string of the molecule is CS(=O)c1ccc2oc3c(c(=O)c2c1)C1CCCC(C(=O)O)=C31. The first-order valence-corrected chi connectivity index (χ1v) is 8.95. The lowest BCUT2D eigenvalue weighted by Gasteiger charge is -2.36. The molecule has 0 aliphatic heterocycles. The summed E-state index contributed by atoms with van der Waals surface area (Å²) in [6.45, 7) is 0. The molecule has 5 nitrogen and oxygen atoms in total. The number of allylic oxidation sites excluding steroid dienone is 1. The van der Waals surface area contributed by atoms with E-state index in [1.165, 1.54) is 0 Å². The second kappa shape index (κ2) is 4.89. The van der Waals surface area contributed by atoms with E-state index < -0.39 is 16.8 Å². The fourth-order valence-electron chi connectivity index (χ4n) is 3.58. The Morgan fingerprint density at radius 2 is 2.17 bits per heavy atom. The van der Waals surface area contributed by atoms with Crippen molar-refractivity contribution in [3.8, 4) is 0 Å². The van der Waals surface area contributed by atoms with Crippen molar-refractivity contribution < 1.29 is 18.5 Å². The average molecular weight is 330 g/mol. The van der Waals surface area contributed by atoms with Crippen molar-refractivity contribution in [1.29, 1.82) is 0 Å². The predicted octanol–water partition coefficient (Wildman–Crippen LogP) is 2.65. The van der Waals surface area contributed by atoms with Gasteiger partial charge in [0.25, 0.3) is 0 Å². The molecule has 4 rings (SSSR count). The Hall–Kier alpha value is -2.21. The predicted molar refractivity (Wildman–Crippen MR) is 86.0 cm³/mol. The summed E-state index contributed by atoms with van der Waals surface area (Å²) in [5, 5.41) is 9.77. The van der Waals surface area contributed by atoms with Gasteiger partial charge in [0.05, 0.1) is 10.9 Å². The van der Waals surface area contributed by atoms with Crippen LogP contribution in [0.4, 0.5) is 0 Å². The molecule has 0 fully saturated rings. The Bertz CT molecular complexity index is 982. The molecule has 2 aliphatic rings. The number of hydrogen-bond donors (Lipinski definition) is 1. The quantitative estimate of drug-likeness (QED) is 0.915. The number of fused-ring (bicyclic) bond motifs is 5. The number of carboxylic acid groups (broad SMARTS) is 1. The molecule has 0 saturated carbocycles. The van der Waals surface area contributed by atoms with Crippen LogP contribution in [-0.4, -0.2) is 21.5 Å². The monoisotopic (exact) mass is 330 g/mol. The van der Waals surface area contributed by atoms with E-state index in [2.05, 4.69) is 0 Å². The molecular formula is C17H14O5S. The van der Waals surface area contributed by atoms with Crippen molar-refractivity contribution in [1.82, 2.24) is 0 Å². The van der Waals surface area contributed by atoms with Crippen LogP contribution < -0.4 is 5.43 Å². The zero-order valence-electron chi connectivity index (χ0n) is 12.4.